The summed E-state index contributed by atoms with van der Waals surface area (Å²) in [5.41, 5.74) is 2.00. The number of likely N-dealkylation sites (tertiary alicyclic amines) is 1. The molecule has 5 heteroatoms. The summed E-state index contributed by atoms with van der Waals surface area (Å²) in [6, 6.07) is 7.88. The van der Waals surface area contributed by atoms with Gasteiger partial charge in [0, 0.05) is 26.1 Å². The minimum absolute atomic E-state index is 0.0954. The van der Waals surface area contributed by atoms with Crippen LogP contribution in [0.2, 0.25) is 0 Å². The molecule has 0 radical (unpaired) electrons. The molecular formula is C13H15N3O2. The smallest absolute Gasteiger partial charge is 0.224 e. The molecule has 3 rings (SSSR count). The van der Waals surface area contributed by atoms with Gasteiger partial charge in [0.1, 0.15) is 0 Å². The molecule has 1 aromatic carbocycles. The molecule has 0 bridgehead atoms. The van der Waals surface area contributed by atoms with Gasteiger partial charge in [-0.1, -0.05) is 12.1 Å². The van der Waals surface area contributed by atoms with Crippen molar-refractivity contribution >= 4 is 16.9 Å². The topological polar surface area (TPSA) is 58.4 Å². The van der Waals surface area contributed by atoms with Gasteiger partial charge in [-0.05, 0) is 12.1 Å². The van der Waals surface area contributed by atoms with Gasteiger partial charge in [0.05, 0.1) is 23.5 Å². The highest BCUT2D eigenvalue weighted by Gasteiger charge is 2.28. The standard InChI is InChI=1S/C13H15N3O2/c17-10-7-16(8-10)13(18)5-6-15-9-14-11-3-1-2-4-12(11)15/h1-4,9-10,17H,5-8H2. The van der Waals surface area contributed by atoms with Crippen LogP contribution in [0, 0.1) is 0 Å². The molecule has 0 aliphatic carbocycles. The number of aryl methyl sites for hydroxylation is 1. The number of benzene rings is 1. The molecule has 18 heavy (non-hydrogen) atoms. The molecule has 1 aliphatic heterocycles. The maximum atomic E-state index is 11.8. The quantitative estimate of drug-likeness (QED) is 0.862. The lowest BCUT2D eigenvalue weighted by molar-refractivity contribution is -0.141. The summed E-state index contributed by atoms with van der Waals surface area (Å²) in [4.78, 5) is 17.8. The van der Waals surface area contributed by atoms with Crippen molar-refractivity contribution in [1.82, 2.24) is 14.5 Å². The van der Waals surface area contributed by atoms with Crippen molar-refractivity contribution in [3.63, 3.8) is 0 Å². The van der Waals surface area contributed by atoms with Gasteiger partial charge in [0.2, 0.25) is 5.91 Å². The van der Waals surface area contributed by atoms with Crippen molar-refractivity contribution < 1.29 is 9.90 Å². The highest BCUT2D eigenvalue weighted by Crippen LogP contribution is 2.14. The van der Waals surface area contributed by atoms with Crippen molar-refractivity contribution in [2.24, 2.45) is 0 Å². The highest BCUT2D eigenvalue weighted by atomic mass is 16.3. The zero-order valence-electron chi connectivity index (χ0n) is 9.99. The molecule has 1 saturated heterocycles. The number of hydrogen-bond acceptors (Lipinski definition) is 3. The monoisotopic (exact) mass is 245 g/mol. The number of nitrogens with zero attached hydrogens (tertiary/aromatic N) is 3. The molecular weight excluding hydrogens is 230 g/mol. The minimum Gasteiger partial charge on any atom is -0.389 e. The molecule has 0 saturated carbocycles. The minimum atomic E-state index is -0.331. The average molecular weight is 245 g/mol. The molecule has 5 nitrogen and oxygen atoms in total. The van der Waals surface area contributed by atoms with E-state index in [0.717, 1.165) is 11.0 Å². The number of carbonyl (C=O) groups excluding carboxylic acids is 1. The molecule has 1 aliphatic rings. The third-order valence-electron chi connectivity index (χ3n) is 3.31. The molecule has 2 aromatic rings. The van der Waals surface area contributed by atoms with E-state index in [0.29, 0.717) is 26.1 Å². The number of rotatable bonds is 3. The van der Waals surface area contributed by atoms with Crippen LogP contribution in [0.5, 0.6) is 0 Å². The van der Waals surface area contributed by atoms with Crippen molar-refractivity contribution in [3.05, 3.63) is 30.6 Å². The summed E-state index contributed by atoms with van der Waals surface area (Å²) in [7, 11) is 0. The average Bonchev–Trinajstić information content (AvgIpc) is 2.75. The summed E-state index contributed by atoms with van der Waals surface area (Å²) in [6.07, 6.45) is 1.89. The Bertz CT molecular complexity index is 572. The number of aromatic nitrogens is 2. The molecule has 0 spiro atoms. The lowest BCUT2D eigenvalue weighted by Crippen LogP contribution is -2.53. The van der Waals surface area contributed by atoms with Crippen LogP contribution in [0.4, 0.5) is 0 Å². The van der Waals surface area contributed by atoms with Crippen LogP contribution in [-0.2, 0) is 11.3 Å². The van der Waals surface area contributed by atoms with E-state index in [1.54, 1.807) is 11.2 Å². The van der Waals surface area contributed by atoms with Gasteiger partial charge in [-0.15, -0.1) is 0 Å². The Balaban J connectivity index is 1.64. The third kappa shape index (κ3) is 1.97. The number of aliphatic hydroxyl groups is 1. The van der Waals surface area contributed by atoms with Gasteiger partial charge in [0.25, 0.3) is 0 Å². The van der Waals surface area contributed by atoms with Crippen LogP contribution in [-0.4, -0.2) is 44.7 Å². The molecule has 1 aromatic heterocycles. The Labute approximate surface area is 105 Å². The van der Waals surface area contributed by atoms with E-state index in [1.807, 2.05) is 28.8 Å². The second-order valence-corrected chi connectivity index (χ2v) is 4.63. The molecule has 1 amide bonds. The van der Waals surface area contributed by atoms with E-state index in [2.05, 4.69) is 4.98 Å². The summed E-state index contributed by atoms with van der Waals surface area (Å²) >= 11 is 0. The SMILES string of the molecule is O=C(CCn1cnc2ccccc21)N1CC(O)C1. The number of para-hydroxylation sites is 2. The van der Waals surface area contributed by atoms with Crippen LogP contribution < -0.4 is 0 Å². The molecule has 1 N–H and O–H groups in total. The zero-order chi connectivity index (χ0) is 12.5. The van der Waals surface area contributed by atoms with Gasteiger partial charge in [-0.2, -0.15) is 0 Å². The normalized spacial score (nSPS) is 15.9. The summed E-state index contributed by atoms with van der Waals surface area (Å²) in [5.74, 6) is 0.0954. The van der Waals surface area contributed by atoms with Gasteiger partial charge >= 0.3 is 0 Å². The molecule has 0 unspecified atom stereocenters. The highest BCUT2D eigenvalue weighted by molar-refractivity contribution is 5.78. The van der Waals surface area contributed by atoms with E-state index in [1.165, 1.54) is 0 Å². The van der Waals surface area contributed by atoms with Gasteiger partial charge in [-0.3, -0.25) is 4.79 Å². The fourth-order valence-electron chi connectivity index (χ4n) is 2.22. The summed E-state index contributed by atoms with van der Waals surface area (Å²) in [5, 5.41) is 9.15. The van der Waals surface area contributed by atoms with E-state index in [9.17, 15) is 4.79 Å². The largest absolute Gasteiger partial charge is 0.389 e. The number of amides is 1. The fraction of sp³-hybridized carbons (Fsp3) is 0.385. The Hall–Kier alpha value is -1.88. The Morgan fingerprint density at radius 3 is 2.94 bits per heavy atom. The van der Waals surface area contributed by atoms with Gasteiger partial charge < -0.3 is 14.6 Å². The summed E-state index contributed by atoms with van der Waals surface area (Å²) < 4.78 is 1.99. The first kappa shape index (κ1) is 11.2. The zero-order valence-corrected chi connectivity index (χ0v) is 9.99. The van der Waals surface area contributed by atoms with Crippen molar-refractivity contribution in [1.29, 1.82) is 0 Å². The van der Waals surface area contributed by atoms with E-state index in [-0.39, 0.29) is 12.0 Å². The molecule has 0 atom stereocenters. The Morgan fingerprint density at radius 2 is 2.17 bits per heavy atom. The van der Waals surface area contributed by atoms with Crippen LogP contribution in [0.1, 0.15) is 6.42 Å². The molecule has 1 fully saturated rings. The molecule has 2 heterocycles. The van der Waals surface area contributed by atoms with Crippen LogP contribution in [0.25, 0.3) is 11.0 Å². The first-order valence-corrected chi connectivity index (χ1v) is 6.10. The van der Waals surface area contributed by atoms with Crippen LogP contribution in [0.15, 0.2) is 30.6 Å². The van der Waals surface area contributed by atoms with Crippen LogP contribution >= 0.6 is 0 Å². The maximum Gasteiger partial charge on any atom is 0.224 e. The molecule has 94 valence electrons. The van der Waals surface area contributed by atoms with Gasteiger partial charge in [0.15, 0.2) is 0 Å². The Kier molecular flexibility index (Phi) is 2.76. The van der Waals surface area contributed by atoms with Crippen molar-refractivity contribution in [2.45, 2.75) is 19.1 Å². The first-order chi connectivity index (χ1) is 8.74. The summed E-state index contributed by atoms with van der Waals surface area (Å²) in [6.45, 7) is 1.58. The maximum absolute atomic E-state index is 11.8. The predicted octanol–water partition coefficient (Wildman–Crippen LogP) is 0.629. The number of imidazole rings is 1. The second-order valence-electron chi connectivity index (χ2n) is 4.63. The number of aliphatic hydroxyl groups excluding tert-OH is 1. The van der Waals surface area contributed by atoms with Crippen LogP contribution in [0.3, 0.4) is 0 Å². The third-order valence-corrected chi connectivity index (χ3v) is 3.31. The number of hydrogen-bond donors (Lipinski definition) is 1. The predicted molar refractivity (Wildman–Crippen MR) is 66.9 cm³/mol. The van der Waals surface area contributed by atoms with E-state index < -0.39 is 0 Å². The van der Waals surface area contributed by atoms with Crippen molar-refractivity contribution in [2.75, 3.05) is 13.1 Å². The fourth-order valence-corrected chi connectivity index (χ4v) is 2.22. The Morgan fingerprint density at radius 1 is 1.39 bits per heavy atom. The number of fused-ring (bicyclic) bond motifs is 1. The van der Waals surface area contributed by atoms with Gasteiger partial charge in [-0.25, -0.2) is 4.98 Å². The van der Waals surface area contributed by atoms with Crippen molar-refractivity contribution in [3.8, 4) is 0 Å². The van der Waals surface area contributed by atoms with E-state index in [4.69, 9.17) is 5.11 Å². The number of carbonyl (C=O) groups is 1. The first-order valence-electron chi connectivity index (χ1n) is 6.10. The lowest BCUT2D eigenvalue weighted by atomic mass is 10.1. The lowest BCUT2D eigenvalue weighted by Gasteiger charge is -2.35. The van der Waals surface area contributed by atoms with E-state index >= 15 is 0 Å². The number of β-amino-alcohol motifs (C(OH)–C–C–N with tert-alkyl or cyclic N) is 1. The second kappa shape index (κ2) is 4.42.